The Hall–Kier alpha value is -2.51. The van der Waals surface area contributed by atoms with Crippen LogP contribution in [0.1, 0.15) is 25.5 Å². The first-order valence-electron chi connectivity index (χ1n) is 8.38. The fourth-order valence-electron chi connectivity index (χ4n) is 2.56. The quantitative estimate of drug-likeness (QED) is 0.654. The van der Waals surface area contributed by atoms with Gasteiger partial charge in [-0.05, 0) is 38.1 Å². The summed E-state index contributed by atoms with van der Waals surface area (Å²) in [5.74, 6) is 0.267. The number of hydrogen-bond acceptors (Lipinski definition) is 5. The van der Waals surface area contributed by atoms with Gasteiger partial charge in [0.05, 0.1) is 23.4 Å². The van der Waals surface area contributed by atoms with Crippen molar-refractivity contribution in [3.05, 3.63) is 53.8 Å². The number of anilines is 1. The summed E-state index contributed by atoms with van der Waals surface area (Å²) < 4.78 is 20.2. The number of carbonyl (C=O) groups excluding carboxylic acids is 1. The standard InChI is InChI=1S/C19H20FN3O2S/c1-3-25-13-8-9-16-17(10-13)26-19(22-16)23-18(24)11-21-12(2)14-6-4-5-7-15(14)20/h4-10,12,21H,3,11H2,1-2H3,(H,22,23,24). The molecular formula is C19H20FN3O2S. The van der Waals surface area contributed by atoms with Gasteiger partial charge in [0.2, 0.25) is 5.91 Å². The number of benzene rings is 2. The van der Waals surface area contributed by atoms with Gasteiger partial charge in [-0.1, -0.05) is 29.5 Å². The third-order valence-corrected chi connectivity index (χ3v) is 4.79. The molecule has 0 saturated heterocycles. The van der Waals surface area contributed by atoms with Crippen LogP contribution >= 0.6 is 11.3 Å². The Morgan fingerprint density at radius 3 is 2.88 bits per heavy atom. The molecular weight excluding hydrogens is 353 g/mol. The number of fused-ring (bicyclic) bond motifs is 1. The molecule has 136 valence electrons. The molecule has 2 aromatic carbocycles. The summed E-state index contributed by atoms with van der Waals surface area (Å²) in [6, 6.07) is 11.9. The molecule has 5 nitrogen and oxygen atoms in total. The lowest BCUT2D eigenvalue weighted by Crippen LogP contribution is -2.30. The second kappa shape index (κ2) is 8.25. The number of nitrogens with one attached hydrogen (secondary N) is 2. The second-order valence-corrected chi connectivity index (χ2v) is 6.78. The SMILES string of the molecule is CCOc1ccc2nc(NC(=O)CNC(C)c3ccccc3F)sc2c1. The molecule has 0 aliphatic heterocycles. The zero-order valence-corrected chi connectivity index (χ0v) is 15.4. The molecule has 0 radical (unpaired) electrons. The second-order valence-electron chi connectivity index (χ2n) is 5.75. The molecule has 0 saturated carbocycles. The molecule has 0 aliphatic carbocycles. The van der Waals surface area contributed by atoms with E-state index >= 15 is 0 Å². The van der Waals surface area contributed by atoms with Gasteiger partial charge >= 0.3 is 0 Å². The van der Waals surface area contributed by atoms with Crippen LogP contribution in [0.5, 0.6) is 5.75 Å². The highest BCUT2D eigenvalue weighted by Crippen LogP contribution is 2.29. The van der Waals surface area contributed by atoms with Crippen LogP contribution in [0.25, 0.3) is 10.2 Å². The van der Waals surface area contributed by atoms with E-state index < -0.39 is 0 Å². The van der Waals surface area contributed by atoms with Crippen molar-refractivity contribution in [2.75, 3.05) is 18.5 Å². The maximum absolute atomic E-state index is 13.8. The highest BCUT2D eigenvalue weighted by atomic mass is 32.1. The minimum atomic E-state index is -0.288. The largest absolute Gasteiger partial charge is 0.494 e. The van der Waals surface area contributed by atoms with Crippen molar-refractivity contribution in [2.24, 2.45) is 0 Å². The van der Waals surface area contributed by atoms with Gasteiger partial charge in [0.15, 0.2) is 5.13 Å². The fraction of sp³-hybridized carbons (Fsp3) is 0.263. The van der Waals surface area contributed by atoms with Gasteiger partial charge < -0.3 is 15.4 Å². The Bertz CT molecular complexity index is 913. The van der Waals surface area contributed by atoms with Crippen molar-refractivity contribution < 1.29 is 13.9 Å². The van der Waals surface area contributed by atoms with E-state index in [0.717, 1.165) is 16.0 Å². The number of carbonyl (C=O) groups is 1. The van der Waals surface area contributed by atoms with Crippen LogP contribution in [0.15, 0.2) is 42.5 Å². The fourth-order valence-corrected chi connectivity index (χ4v) is 3.47. The molecule has 3 rings (SSSR count). The summed E-state index contributed by atoms with van der Waals surface area (Å²) in [4.78, 5) is 16.6. The normalized spacial score (nSPS) is 12.1. The molecule has 7 heteroatoms. The highest BCUT2D eigenvalue weighted by Gasteiger charge is 2.13. The molecule has 1 atom stereocenters. The maximum Gasteiger partial charge on any atom is 0.240 e. The number of hydrogen-bond donors (Lipinski definition) is 2. The smallest absolute Gasteiger partial charge is 0.240 e. The number of halogens is 1. The zero-order valence-electron chi connectivity index (χ0n) is 14.6. The summed E-state index contributed by atoms with van der Waals surface area (Å²) in [7, 11) is 0. The predicted octanol–water partition coefficient (Wildman–Crippen LogP) is 4.12. The van der Waals surface area contributed by atoms with Crippen molar-refractivity contribution >= 4 is 32.6 Å². The topological polar surface area (TPSA) is 63.2 Å². The maximum atomic E-state index is 13.8. The molecule has 1 heterocycles. The van der Waals surface area contributed by atoms with E-state index in [1.807, 2.05) is 32.0 Å². The molecule has 0 aliphatic rings. The summed E-state index contributed by atoms with van der Waals surface area (Å²) >= 11 is 1.39. The van der Waals surface area contributed by atoms with Gasteiger partial charge in [0.1, 0.15) is 11.6 Å². The molecule has 2 N–H and O–H groups in total. The van der Waals surface area contributed by atoms with E-state index in [9.17, 15) is 9.18 Å². The highest BCUT2D eigenvalue weighted by molar-refractivity contribution is 7.22. The van der Waals surface area contributed by atoms with Gasteiger partial charge in [-0.2, -0.15) is 0 Å². The lowest BCUT2D eigenvalue weighted by molar-refractivity contribution is -0.115. The Labute approximate surface area is 155 Å². The van der Waals surface area contributed by atoms with E-state index in [4.69, 9.17) is 4.74 Å². The first-order chi connectivity index (χ1) is 12.6. The van der Waals surface area contributed by atoms with Gasteiger partial charge in [0.25, 0.3) is 0 Å². The first kappa shape index (κ1) is 18.3. The minimum Gasteiger partial charge on any atom is -0.494 e. The van der Waals surface area contributed by atoms with Crippen LogP contribution in [0.3, 0.4) is 0 Å². The Morgan fingerprint density at radius 1 is 1.31 bits per heavy atom. The number of rotatable bonds is 7. The van der Waals surface area contributed by atoms with E-state index in [2.05, 4.69) is 15.6 Å². The summed E-state index contributed by atoms with van der Waals surface area (Å²) in [6.45, 7) is 4.41. The van der Waals surface area contributed by atoms with Crippen molar-refractivity contribution in [3.63, 3.8) is 0 Å². The number of amides is 1. The molecule has 1 amide bonds. The third kappa shape index (κ3) is 4.36. The van der Waals surface area contributed by atoms with Crippen LogP contribution in [-0.2, 0) is 4.79 Å². The van der Waals surface area contributed by atoms with E-state index in [-0.39, 0.29) is 24.3 Å². The van der Waals surface area contributed by atoms with Crippen molar-refractivity contribution in [2.45, 2.75) is 19.9 Å². The number of ether oxygens (including phenoxy) is 1. The zero-order chi connectivity index (χ0) is 18.5. The van der Waals surface area contributed by atoms with Crippen LogP contribution in [-0.4, -0.2) is 24.0 Å². The van der Waals surface area contributed by atoms with Crippen LogP contribution < -0.4 is 15.4 Å². The van der Waals surface area contributed by atoms with E-state index in [0.29, 0.717) is 17.3 Å². The van der Waals surface area contributed by atoms with E-state index in [1.165, 1.54) is 17.4 Å². The molecule has 3 aromatic rings. The first-order valence-corrected chi connectivity index (χ1v) is 9.19. The molecule has 0 bridgehead atoms. The molecule has 0 fully saturated rings. The molecule has 26 heavy (non-hydrogen) atoms. The van der Waals surface area contributed by atoms with Gasteiger partial charge in [-0.15, -0.1) is 0 Å². The number of nitrogens with zero attached hydrogens (tertiary/aromatic N) is 1. The number of thiazole rings is 1. The third-order valence-electron chi connectivity index (χ3n) is 3.86. The van der Waals surface area contributed by atoms with Crippen molar-refractivity contribution in [3.8, 4) is 5.75 Å². The summed E-state index contributed by atoms with van der Waals surface area (Å²) in [5.41, 5.74) is 1.34. The lowest BCUT2D eigenvalue weighted by Gasteiger charge is -2.14. The Kier molecular flexibility index (Phi) is 5.80. The Balaban J connectivity index is 1.59. The van der Waals surface area contributed by atoms with Gasteiger partial charge in [-0.25, -0.2) is 9.37 Å². The molecule has 0 spiro atoms. The Morgan fingerprint density at radius 2 is 2.12 bits per heavy atom. The average molecular weight is 373 g/mol. The minimum absolute atomic E-state index is 0.0651. The predicted molar refractivity (Wildman–Crippen MR) is 102 cm³/mol. The van der Waals surface area contributed by atoms with Crippen LogP contribution in [0, 0.1) is 5.82 Å². The van der Waals surface area contributed by atoms with E-state index in [1.54, 1.807) is 18.2 Å². The molecule has 1 aromatic heterocycles. The van der Waals surface area contributed by atoms with Crippen molar-refractivity contribution in [1.29, 1.82) is 0 Å². The lowest BCUT2D eigenvalue weighted by atomic mass is 10.1. The summed E-state index contributed by atoms with van der Waals surface area (Å²) in [6.07, 6.45) is 0. The molecule has 1 unspecified atom stereocenters. The number of aromatic nitrogens is 1. The van der Waals surface area contributed by atoms with Crippen molar-refractivity contribution in [1.82, 2.24) is 10.3 Å². The van der Waals surface area contributed by atoms with Crippen LogP contribution in [0.2, 0.25) is 0 Å². The summed E-state index contributed by atoms with van der Waals surface area (Å²) in [5, 5.41) is 6.33. The van der Waals surface area contributed by atoms with Crippen LogP contribution in [0.4, 0.5) is 9.52 Å². The monoisotopic (exact) mass is 373 g/mol. The van der Waals surface area contributed by atoms with Gasteiger partial charge in [0, 0.05) is 11.6 Å². The van der Waals surface area contributed by atoms with Gasteiger partial charge in [-0.3, -0.25) is 4.79 Å². The average Bonchev–Trinajstić information content (AvgIpc) is 3.02.